The van der Waals surface area contributed by atoms with Crippen molar-refractivity contribution in [1.82, 2.24) is 19.7 Å². The van der Waals surface area contributed by atoms with Crippen LogP contribution in [0, 0.1) is 5.82 Å². The van der Waals surface area contributed by atoms with Crippen molar-refractivity contribution >= 4 is 28.1 Å². The van der Waals surface area contributed by atoms with Crippen LogP contribution in [0.4, 0.5) is 4.39 Å². The highest BCUT2D eigenvalue weighted by molar-refractivity contribution is 5.99. The molecule has 4 bridgehead atoms. The van der Waals surface area contributed by atoms with Gasteiger partial charge in [0.15, 0.2) is 0 Å². The molecule has 0 radical (unpaired) electrons. The molecule has 0 aliphatic carbocycles. The van der Waals surface area contributed by atoms with E-state index in [1.807, 2.05) is 29.1 Å². The Balaban J connectivity index is 1.76. The Morgan fingerprint density at radius 3 is 2.82 bits per heavy atom. The quantitative estimate of drug-likeness (QED) is 0.505. The Kier molecular flexibility index (Phi) is 3.18. The molecule has 3 aliphatic rings. The van der Waals surface area contributed by atoms with E-state index in [0.29, 0.717) is 5.56 Å². The summed E-state index contributed by atoms with van der Waals surface area (Å²) in [5, 5.41) is 13.3. The van der Waals surface area contributed by atoms with Gasteiger partial charge < -0.3 is 4.79 Å². The van der Waals surface area contributed by atoms with E-state index >= 15 is 4.39 Å². The molecule has 0 N–H and O–H groups in total. The number of carbonyl (C=O) groups excluding carboxylic acids is 1. The van der Waals surface area contributed by atoms with E-state index in [-0.39, 0.29) is 18.3 Å². The fraction of sp³-hybridized carbons (Fsp3) is 0.286. The summed E-state index contributed by atoms with van der Waals surface area (Å²) in [6.07, 6.45) is 4.48. The Morgan fingerprint density at radius 1 is 1.14 bits per heavy atom. The molecule has 0 unspecified atom stereocenters. The maximum absolute atomic E-state index is 15.1. The van der Waals surface area contributed by atoms with Crippen molar-refractivity contribution in [3.8, 4) is 11.1 Å². The number of hydrogen-bond acceptors (Lipinski definition) is 4. The average Bonchev–Trinajstić information content (AvgIpc) is 3.28. The molecule has 0 amide bonds. The van der Waals surface area contributed by atoms with Gasteiger partial charge in [-0.2, -0.15) is 15.0 Å². The molecule has 140 valence electrons. The first-order valence-electron chi connectivity index (χ1n) is 9.60. The molecule has 0 spiro atoms. The van der Waals surface area contributed by atoms with E-state index in [0.717, 1.165) is 65.3 Å². The van der Waals surface area contributed by atoms with E-state index in [1.165, 1.54) is 0 Å². The zero-order chi connectivity index (χ0) is 18.8. The number of rotatable bonds is 2. The second-order valence-electron chi connectivity index (χ2n) is 7.59. The van der Waals surface area contributed by atoms with Crippen molar-refractivity contribution in [2.45, 2.75) is 25.3 Å². The Morgan fingerprint density at radius 2 is 2.00 bits per heavy atom. The smallest absolute Gasteiger partial charge is 0.141 e. The van der Waals surface area contributed by atoms with Crippen LogP contribution in [0.15, 0.2) is 36.5 Å². The topological polar surface area (TPSA) is 56.0 Å². The lowest BCUT2D eigenvalue weighted by molar-refractivity contribution is -0.108. The van der Waals surface area contributed by atoms with Crippen molar-refractivity contribution in [3.63, 3.8) is 0 Å². The molecule has 1 fully saturated rings. The summed E-state index contributed by atoms with van der Waals surface area (Å²) >= 11 is 0. The molecule has 0 saturated carbocycles. The van der Waals surface area contributed by atoms with Crippen molar-refractivity contribution < 1.29 is 9.18 Å². The van der Waals surface area contributed by atoms with Crippen LogP contribution in [0.3, 0.4) is 0 Å². The highest BCUT2D eigenvalue weighted by atomic mass is 19.1. The molecule has 28 heavy (non-hydrogen) atoms. The Labute approximate surface area is 160 Å². The van der Waals surface area contributed by atoms with Crippen molar-refractivity contribution in [2.75, 3.05) is 18.1 Å². The summed E-state index contributed by atoms with van der Waals surface area (Å²) in [4.78, 5) is 13.1. The highest BCUT2D eigenvalue weighted by Gasteiger charge is 2.29. The molecule has 5 heterocycles. The Bertz CT molecular complexity index is 1250. The van der Waals surface area contributed by atoms with Crippen LogP contribution >= 0.6 is 0 Å². The minimum atomic E-state index is -0.268. The molecule has 7 rings (SSSR count). The number of benzene rings is 2. The molecule has 1 saturated heterocycles. The van der Waals surface area contributed by atoms with Crippen LogP contribution in [0.1, 0.15) is 24.5 Å². The first-order valence-corrected chi connectivity index (χ1v) is 9.60. The van der Waals surface area contributed by atoms with E-state index in [1.54, 1.807) is 16.9 Å². The summed E-state index contributed by atoms with van der Waals surface area (Å²) in [7, 11) is 0. The van der Waals surface area contributed by atoms with Gasteiger partial charge >= 0.3 is 0 Å². The number of aromatic nitrogens is 4. The number of fused-ring (bicyclic) bond motifs is 2. The van der Waals surface area contributed by atoms with Crippen LogP contribution in [-0.4, -0.2) is 39.0 Å². The van der Waals surface area contributed by atoms with E-state index in [9.17, 15) is 4.79 Å². The predicted molar refractivity (Wildman–Crippen MR) is 104 cm³/mol. The number of halogens is 1. The monoisotopic (exact) mass is 375 g/mol. The zero-order valence-electron chi connectivity index (χ0n) is 15.2. The molecular weight excluding hydrogens is 357 g/mol. The summed E-state index contributed by atoms with van der Waals surface area (Å²) in [5.41, 5.74) is 4.16. The zero-order valence-corrected chi connectivity index (χ0v) is 15.2. The van der Waals surface area contributed by atoms with E-state index in [2.05, 4.69) is 10.1 Å². The predicted octanol–water partition coefficient (Wildman–Crippen LogP) is 3.22. The largest absolute Gasteiger partial charge is 0.301 e. The third-order valence-electron chi connectivity index (χ3n) is 6.11. The fourth-order valence-electron chi connectivity index (χ4n) is 4.77. The number of carbonyl (C=O) groups is 1. The van der Waals surface area contributed by atoms with Crippen LogP contribution in [0.25, 0.3) is 32.9 Å². The molecule has 3 aliphatic heterocycles. The minimum absolute atomic E-state index is 0.201. The molecule has 0 atom stereocenters. The molecule has 2 aromatic heterocycles. The Hall–Kier alpha value is -3.22. The first kappa shape index (κ1) is 15.8. The normalized spacial score (nSPS) is 16.2. The number of nitrogens with zero attached hydrogens (tertiary/aromatic N) is 5. The van der Waals surface area contributed by atoms with Crippen LogP contribution in [-0.2, 0) is 11.3 Å². The maximum Gasteiger partial charge on any atom is 0.141 e. The SMILES string of the molecule is O=CCn1nc2c3c(cccc31)-c1cc3c(cnn3N3CCC2CC3)cc1F. The fourth-order valence-corrected chi connectivity index (χ4v) is 4.77. The van der Waals surface area contributed by atoms with Gasteiger partial charge in [-0.3, -0.25) is 9.69 Å². The summed E-state index contributed by atoms with van der Waals surface area (Å²) < 4.78 is 16.9. The summed E-state index contributed by atoms with van der Waals surface area (Å²) in [5.74, 6) is 0.00802. The summed E-state index contributed by atoms with van der Waals surface area (Å²) in [6.45, 7) is 1.92. The lowest BCUT2D eigenvalue weighted by atomic mass is 9.89. The highest BCUT2D eigenvalue weighted by Crippen LogP contribution is 2.40. The number of piperidine rings is 1. The van der Waals surface area contributed by atoms with Gasteiger partial charge in [0.2, 0.25) is 0 Å². The van der Waals surface area contributed by atoms with Crippen LogP contribution < -0.4 is 5.01 Å². The van der Waals surface area contributed by atoms with Crippen LogP contribution in [0.2, 0.25) is 0 Å². The number of hydrogen-bond donors (Lipinski definition) is 0. The first-order chi connectivity index (χ1) is 13.7. The standard InChI is InChI=1S/C21H18FN5O/c22-17-10-14-12-23-27-19(14)11-16(17)15-2-1-3-18-20(15)21(24-26(18)8-9-28)13-4-6-25(27)7-5-13/h1-3,9-13H,4-8H2. The van der Waals surface area contributed by atoms with Gasteiger partial charge in [-0.1, -0.05) is 12.1 Å². The van der Waals surface area contributed by atoms with Gasteiger partial charge in [0, 0.05) is 35.3 Å². The van der Waals surface area contributed by atoms with Gasteiger partial charge in [0.1, 0.15) is 12.1 Å². The third kappa shape index (κ3) is 2.04. The number of aldehydes is 1. The second-order valence-corrected chi connectivity index (χ2v) is 7.59. The van der Waals surface area contributed by atoms with Gasteiger partial charge in [-0.15, -0.1) is 0 Å². The van der Waals surface area contributed by atoms with Crippen molar-refractivity contribution in [3.05, 3.63) is 48.0 Å². The molecule has 6 nitrogen and oxygen atoms in total. The molecule has 4 aromatic rings. The summed E-state index contributed by atoms with van der Waals surface area (Å²) in [6, 6.07) is 9.29. The molecule has 7 heteroatoms. The minimum Gasteiger partial charge on any atom is -0.301 e. The lowest BCUT2D eigenvalue weighted by Crippen LogP contribution is -2.41. The lowest BCUT2D eigenvalue weighted by Gasteiger charge is -2.32. The van der Waals surface area contributed by atoms with Gasteiger partial charge in [0.05, 0.1) is 29.5 Å². The average molecular weight is 375 g/mol. The van der Waals surface area contributed by atoms with E-state index in [4.69, 9.17) is 5.10 Å². The van der Waals surface area contributed by atoms with Crippen LogP contribution in [0.5, 0.6) is 0 Å². The third-order valence-corrected chi connectivity index (χ3v) is 6.11. The van der Waals surface area contributed by atoms with Crippen molar-refractivity contribution in [1.29, 1.82) is 0 Å². The van der Waals surface area contributed by atoms with Gasteiger partial charge in [-0.05, 0) is 36.6 Å². The van der Waals surface area contributed by atoms with Gasteiger partial charge in [0.25, 0.3) is 0 Å². The second kappa shape index (κ2) is 5.64. The maximum atomic E-state index is 15.1. The molecular formula is C21H18FN5O. The van der Waals surface area contributed by atoms with Crippen molar-refractivity contribution in [2.24, 2.45) is 0 Å². The van der Waals surface area contributed by atoms with Gasteiger partial charge in [-0.25, -0.2) is 4.39 Å². The molecule has 2 aromatic carbocycles. The van der Waals surface area contributed by atoms with E-state index < -0.39 is 0 Å².